The van der Waals surface area contributed by atoms with Gasteiger partial charge in [-0.15, -0.1) is 0 Å². The Morgan fingerprint density at radius 3 is 2.93 bits per heavy atom. The lowest BCUT2D eigenvalue weighted by Gasteiger charge is -2.02. The number of aromatic nitrogens is 2. The largest absolute Gasteiger partial charge is 0.330 e. The van der Waals surface area contributed by atoms with Crippen LogP contribution in [0.15, 0.2) is 24.4 Å². The molecular formula is C12H15N3. The number of nitrogens with two attached hydrogens (primary N) is 1. The van der Waals surface area contributed by atoms with E-state index in [0.29, 0.717) is 0 Å². The van der Waals surface area contributed by atoms with Gasteiger partial charge in [-0.3, -0.25) is 4.98 Å². The molecule has 3 nitrogen and oxygen atoms in total. The van der Waals surface area contributed by atoms with E-state index in [1.165, 1.54) is 5.56 Å². The molecule has 0 radical (unpaired) electrons. The van der Waals surface area contributed by atoms with Crippen LogP contribution in [0.1, 0.15) is 17.7 Å². The fraction of sp³-hybridized carbons (Fsp3) is 0.333. The van der Waals surface area contributed by atoms with Gasteiger partial charge in [-0.25, -0.2) is 4.98 Å². The van der Waals surface area contributed by atoms with Crippen molar-refractivity contribution in [3.05, 3.63) is 35.7 Å². The van der Waals surface area contributed by atoms with Gasteiger partial charge < -0.3 is 5.73 Å². The first-order valence-electron chi connectivity index (χ1n) is 5.22. The van der Waals surface area contributed by atoms with Crippen LogP contribution >= 0.6 is 0 Å². The van der Waals surface area contributed by atoms with Crippen molar-refractivity contribution in [2.75, 3.05) is 6.54 Å². The smallest absolute Gasteiger partial charge is 0.0890 e. The molecule has 78 valence electrons. The average Bonchev–Trinajstić information content (AvgIpc) is 2.26. The molecule has 0 amide bonds. The van der Waals surface area contributed by atoms with E-state index in [2.05, 4.69) is 22.1 Å². The first kappa shape index (κ1) is 10.1. The third-order valence-electron chi connectivity index (χ3n) is 2.40. The summed E-state index contributed by atoms with van der Waals surface area (Å²) in [6.07, 6.45) is 3.84. The summed E-state index contributed by atoms with van der Waals surface area (Å²) < 4.78 is 0. The Labute approximate surface area is 89.4 Å². The van der Waals surface area contributed by atoms with Crippen LogP contribution in [0, 0.1) is 6.92 Å². The van der Waals surface area contributed by atoms with Gasteiger partial charge >= 0.3 is 0 Å². The molecule has 0 aliphatic rings. The van der Waals surface area contributed by atoms with Crippen LogP contribution < -0.4 is 5.73 Å². The number of fused-ring (bicyclic) bond motifs is 1. The summed E-state index contributed by atoms with van der Waals surface area (Å²) in [6.45, 7) is 2.69. The molecule has 0 fully saturated rings. The molecule has 2 aromatic rings. The van der Waals surface area contributed by atoms with Gasteiger partial charge in [0.2, 0.25) is 0 Å². The fourth-order valence-electron chi connectivity index (χ4n) is 1.61. The van der Waals surface area contributed by atoms with Crippen molar-refractivity contribution in [3.63, 3.8) is 0 Å². The lowest BCUT2D eigenvalue weighted by Crippen LogP contribution is -2.00. The summed E-state index contributed by atoms with van der Waals surface area (Å²) in [5, 5.41) is 0. The van der Waals surface area contributed by atoms with Gasteiger partial charge in [-0.1, -0.05) is 6.07 Å². The molecule has 0 atom stereocenters. The molecule has 0 spiro atoms. The van der Waals surface area contributed by atoms with E-state index in [9.17, 15) is 0 Å². The summed E-state index contributed by atoms with van der Waals surface area (Å²) in [7, 11) is 0. The topological polar surface area (TPSA) is 51.8 Å². The first-order chi connectivity index (χ1) is 7.29. The van der Waals surface area contributed by atoms with Crippen LogP contribution in [-0.4, -0.2) is 16.5 Å². The molecule has 0 bridgehead atoms. The highest BCUT2D eigenvalue weighted by Crippen LogP contribution is 2.13. The van der Waals surface area contributed by atoms with E-state index in [4.69, 9.17) is 5.73 Å². The van der Waals surface area contributed by atoms with Gasteiger partial charge in [-0.05, 0) is 44.0 Å². The number of benzene rings is 1. The highest BCUT2D eigenvalue weighted by Gasteiger charge is 1.99. The van der Waals surface area contributed by atoms with Crippen molar-refractivity contribution in [1.82, 2.24) is 9.97 Å². The Bertz CT molecular complexity index is 465. The standard InChI is InChI=1S/C12H15N3/c1-9-8-14-12-7-10(3-2-6-13)4-5-11(12)15-9/h4-5,7-8H,2-3,6,13H2,1H3. The minimum atomic E-state index is 0.734. The van der Waals surface area contributed by atoms with E-state index >= 15 is 0 Å². The van der Waals surface area contributed by atoms with Crippen molar-refractivity contribution < 1.29 is 0 Å². The highest BCUT2D eigenvalue weighted by molar-refractivity contribution is 5.74. The molecule has 0 saturated heterocycles. The normalized spacial score (nSPS) is 10.8. The quantitative estimate of drug-likeness (QED) is 0.824. The van der Waals surface area contributed by atoms with Gasteiger partial charge in [0.1, 0.15) is 0 Å². The SMILES string of the molecule is Cc1cnc2cc(CCCN)ccc2n1. The second kappa shape index (κ2) is 4.36. The molecule has 0 aliphatic carbocycles. The van der Waals surface area contributed by atoms with Crippen LogP contribution in [0.25, 0.3) is 11.0 Å². The molecule has 2 N–H and O–H groups in total. The Morgan fingerprint density at radius 1 is 1.27 bits per heavy atom. The maximum Gasteiger partial charge on any atom is 0.0890 e. The van der Waals surface area contributed by atoms with Crippen LogP contribution in [0.4, 0.5) is 0 Å². The van der Waals surface area contributed by atoms with Crippen LogP contribution in [0.2, 0.25) is 0 Å². The molecule has 1 aromatic heterocycles. The van der Waals surface area contributed by atoms with Crippen molar-refractivity contribution in [1.29, 1.82) is 0 Å². The zero-order chi connectivity index (χ0) is 10.7. The van der Waals surface area contributed by atoms with E-state index in [1.54, 1.807) is 6.20 Å². The lowest BCUT2D eigenvalue weighted by atomic mass is 10.1. The highest BCUT2D eigenvalue weighted by atomic mass is 14.8. The molecule has 3 heteroatoms. The van der Waals surface area contributed by atoms with Crippen LogP contribution in [0.5, 0.6) is 0 Å². The minimum absolute atomic E-state index is 0.734. The molecular weight excluding hydrogens is 186 g/mol. The molecule has 1 aromatic carbocycles. The second-order valence-corrected chi connectivity index (χ2v) is 3.73. The van der Waals surface area contributed by atoms with Gasteiger partial charge in [0.15, 0.2) is 0 Å². The Kier molecular flexibility index (Phi) is 2.92. The number of rotatable bonds is 3. The average molecular weight is 201 g/mol. The zero-order valence-electron chi connectivity index (χ0n) is 8.90. The number of hydrogen-bond acceptors (Lipinski definition) is 3. The van der Waals surface area contributed by atoms with Gasteiger partial charge in [0.25, 0.3) is 0 Å². The number of hydrogen-bond donors (Lipinski definition) is 1. The fourth-order valence-corrected chi connectivity index (χ4v) is 1.61. The van der Waals surface area contributed by atoms with Crippen LogP contribution in [-0.2, 0) is 6.42 Å². The summed E-state index contributed by atoms with van der Waals surface area (Å²) >= 11 is 0. The molecule has 0 unspecified atom stereocenters. The first-order valence-corrected chi connectivity index (χ1v) is 5.22. The van der Waals surface area contributed by atoms with Crippen LogP contribution in [0.3, 0.4) is 0 Å². The zero-order valence-corrected chi connectivity index (χ0v) is 8.90. The Balaban J connectivity index is 2.34. The van der Waals surface area contributed by atoms with E-state index in [1.807, 2.05) is 13.0 Å². The van der Waals surface area contributed by atoms with E-state index in [0.717, 1.165) is 36.1 Å². The maximum atomic E-state index is 5.48. The third-order valence-corrected chi connectivity index (χ3v) is 2.40. The Hall–Kier alpha value is -1.48. The monoisotopic (exact) mass is 201 g/mol. The number of aryl methyl sites for hydroxylation is 2. The van der Waals surface area contributed by atoms with Crippen molar-refractivity contribution in [2.24, 2.45) is 5.73 Å². The van der Waals surface area contributed by atoms with Gasteiger partial charge in [-0.2, -0.15) is 0 Å². The van der Waals surface area contributed by atoms with Crippen molar-refractivity contribution >= 4 is 11.0 Å². The van der Waals surface area contributed by atoms with E-state index < -0.39 is 0 Å². The molecule has 2 rings (SSSR count). The molecule has 0 aliphatic heterocycles. The lowest BCUT2D eigenvalue weighted by molar-refractivity contribution is 0.833. The summed E-state index contributed by atoms with van der Waals surface area (Å²) in [6, 6.07) is 6.23. The molecule has 0 saturated carbocycles. The third kappa shape index (κ3) is 2.30. The Morgan fingerprint density at radius 2 is 2.13 bits per heavy atom. The summed E-state index contributed by atoms with van der Waals surface area (Å²) in [5.74, 6) is 0. The molecule has 15 heavy (non-hydrogen) atoms. The predicted octanol–water partition coefficient (Wildman–Crippen LogP) is 1.83. The van der Waals surface area contributed by atoms with Gasteiger partial charge in [0, 0.05) is 6.20 Å². The number of nitrogens with zero attached hydrogens (tertiary/aromatic N) is 2. The van der Waals surface area contributed by atoms with E-state index in [-0.39, 0.29) is 0 Å². The maximum absolute atomic E-state index is 5.48. The second-order valence-electron chi connectivity index (χ2n) is 3.73. The summed E-state index contributed by atoms with van der Waals surface area (Å²) in [4.78, 5) is 8.77. The van der Waals surface area contributed by atoms with Crippen molar-refractivity contribution in [2.45, 2.75) is 19.8 Å². The predicted molar refractivity (Wildman–Crippen MR) is 61.7 cm³/mol. The summed E-state index contributed by atoms with van der Waals surface area (Å²) in [5.41, 5.74) is 9.65. The molecule has 1 heterocycles. The van der Waals surface area contributed by atoms with Gasteiger partial charge in [0.05, 0.1) is 16.7 Å². The van der Waals surface area contributed by atoms with Crippen molar-refractivity contribution in [3.8, 4) is 0 Å². The minimum Gasteiger partial charge on any atom is -0.330 e.